The second-order valence-electron chi connectivity index (χ2n) is 7.31. The van der Waals surface area contributed by atoms with Crippen LogP contribution in [0.3, 0.4) is 0 Å². The molecular formula is C24H22N6. The van der Waals surface area contributed by atoms with Gasteiger partial charge in [-0.1, -0.05) is 30.3 Å². The third kappa shape index (κ3) is 3.98. The van der Waals surface area contributed by atoms with Gasteiger partial charge in [0.2, 0.25) is 0 Å². The van der Waals surface area contributed by atoms with Gasteiger partial charge in [0, 0.05) is 36.7 Å². The molecule has 148 valence electrons. The van der Waals surface area contributed by atoms with E-state index in [1.54, 1.807) is 12.4 Å². The lowest BCUT2D eigenvalue weighted by Crippen LogP contribution is -2.17. The summed E-state index contributed by atoms with van der Waals surface area (Å²) in [6.45, 7) is 2.20. The van der Waals surface area contributed by atoms with Gasteiger partial charge in [-0.25, -0.2) is 9.97 Å². The molecule has 5 rings (SSSR count). The molecule has 0 radical (unpaired) electrons. The maximum atomic E-state index is 4.69. The summed E-state index contributed by atoms with van der Waals surface area (Å²) < 4.78 is 0. The molecule has 0 spiro atoms. The fourth-order valence-electron chi connectivity index (χ4n) is 3.68. The third-order valence-electron chi connectivity index (χ3n) is 5.24. The zero-order valence-electron chi connectivity index (χ0n) is 16.6. The predicted molar refractivity (Wildman–Crippen MR) is 120 cm³/mol. The van der Waals surface area contributed by atoms with E-state index in [4.69, 9.17) is 4.98 Å². The number of anilines is 3. The first-order chi connectivity index (χ1) is 14.8. The Morgan fingerprint density at radius 3 is 2.40 bits per heavy atom. The van der Waals surface area contributed by atoms with Gasteiger partial charge < -0.3 is 10.2 Å². The maximum Gasteiger partial charge on any atom is 0.150 e. The normalized spacial score (nSPS) is 13.4. The minimum absolute atomic E-state index is 0.640. The van der Waals surface area contributed by atoms with Crippen molar-refractivity contribution in [3.63, 3.8) is 0 Å². The molecule has 4 aromatic rings. The first-order valence-electron chi connectivity index (χ1n) is 10.2. The molecule has 4 heterocycles. The maximum absolute atomic E-state index is 4.69. The van der Waals surface area contributed by atoms with Crippen LogP contribution in [0.5, 0.6) is 0 Å². The number of pyridine rings is 2. The van der Waals surface area contributed by atoms with Crippen molar-refractivity contribution in [3.05, 3.63) is 79.4 Å². The lowest BCUT2D eigenvalue weighted by molar-refractivity contribution is 0.949. The fraction of sp³-hybridized carbons (Fsp3) is 0.167. The predicted octanol–water partition coefficient (Wildman–Crippen LogP) is 4.94. The molecule has 6 heteroatoms. The standard InChI is InChI=1S/C24H22N6/c1-2-6-18(7-3-1)19-8-9-23(27-15-19)29-24-17-25-16-22(28-24)21-14-20(10-11-26-21)30-12-4-5-13-30/h1-3,6-11,14-17H,4-5,12-13H2,(H,27,28,29). The van der Waals surface area contributed by atoms with Crippen LogP contribution in [-0.2, 0) is 0 Å². The van der Waals surface area contributed by atoms with Crippen LogP contribution < -0.4 is 10.2 Å². The van der Waals surface area contributed by atoms with E-state index in [0.717, 1.165) is 41.4 Å². The molecule has 30 heavy (non-hydrogen) atoms. The number of benzene rings is 1. The molecule has 3 aromatic heterocycles. The molecule has 1 N–H and O–H groups in total. The molecule has 0 atom stereocenters. The average Bonchev–Trinajstić information content (AvgIpc) is 3.36. The van der Waals surface area contributed by atoms with Gasteiger partial charge in [-0.05, 0) is 42.7 Å². The highest BCUT2D eigenvalue weighted by Gasteiger charge is 2.14. The molecule has 1 aliphatic heterocycles. The molecule has 0 aliphatic carbocycles. The Labute approximate surface area is 175 Å². The van der Waals surface area contributed by atoms with Gasteiger partial charge in [-0.15, -0.1) is 0 Å². The lowest BCUT2D eigenvalue weighted by atomic mass is 10.1. The summed E-state index contributed by atoms with van der Waals surface area (Å²) in [5.41, 5.74) is 4.96. The van der Waals surface area contributed by atoms with E-state index in [1.165, 1.54) is 18.5 Å². The summed E-state index contributed by atoms with van der Waals surface area (Å²) in [4.78, 5) is 20.4. The summed E-state index contributed by atoms with van der Waals surface area (Å²) in [6, 6.07) is 18.3. The Bertz CT molecular complexity index is 1120. The SMILES string of the molecule is c1ccc(-c2ccc(Nc3cncc(-c4cc(N5CCCC5)ccn4)n3)nc2)cc1. The van der Waals surface area contributed by atoms with Crippen LogP contribution >= 0.6 is 0 Å². The van der Waals surface area contributed by atoms with E-state index in [0.29, 0.717) is 5.82 Å². The molecule has 1 saturated heterocycles. The van der Waals surface area contributed by atoms with E-state index < -0.39 is 0 Å². The van der Waals surface area contributed by atoms with Crippen molar-refractivity contribution in [2.45, 2.75) is 12.8 Å². The van der Waals surface area contributed by atoms with Crippen LogP contribution in [0.4, 0.5) is 17.3 Å². The van der Waals surface area contributed by atoms with Crippen molar-refractivity contribution in [3.8, 4) is 22.5 Å². The minimum Gasteiger partial charge on any atom is -0.371 e. The molecule has 1 fully saturated rings. The van der Waals surface area contributed by atoms with Crippen LogP contribution in [0.2, 0.25) is 0 Å². The Morgan fingerprint density at radius 2 is 1.60 bits per heavy atom. The van der Waals surface area contributed by atoms with Gasteiger partial charge in [0.25, 0.3) is 0 Å². The topological polar surface area (TPSA) is 66.8 Å². The summed E-state index contributed by atoms with van der Waals surface area (Å²) in [5.74, 6) is 1.36. The highest BCUT2D eigenvalue weighted by atomic mass is 15.1. The quantitative estimate of drug-likeness (QED) is 0.517. The van der Waals surface area contributed by atoms with E-state index in [9.17, 15) is 0 Å². The second kappa shape index (κ2) is 8.29. The zero-order valence-corrected chi connectivity index (χ0v) is 16.6. The average molecular weight is 394 g/mol. The molecule has 0 amide bonds. The first-order valence-corrected chi connectivity index (χ1v) is 10.2. The molecule has 0 unspecified atom stereocenters. The molecule has 1 aliphatic rings. The van der Waals surface area contributed by atoms with Crippen molar-refractivity contribution in [1.29, 1.82) is 0 Å². The summed E-state index contributed by atoms with van der Waals surface area (Å²) >= 11 is 0. The molecule has 0 saturated carbocycles. The fourth-order valence-corrected chi connectivity index (χ4v) is 3.68. The van der Waals surface area contributed by atoms with Crippen LogP contribution in [0.25, 0.3) is 22.5 Å². The van der Waals surface area contributed by atoms with Gasteiger partial charge >= 0.3 is 0 Å². The molecular weight excluding hydrogens is 372 g/mol. The van der Waals surface area contributed by atoms with E-state index >= 15 is 0 Å². The Morgan fingerprint density at radius 1 is 0.733 bits per heavy atom. The van der Waals surface area contributed by atoms with Crippen molar-refractivity contribution >= 4 is 17.3 Å². The monoisotopic (exact) mass is 394 g/mol. The highest BCUT2D eigenvalue weighted by Crippen LogP contribution is 2.25. The van der Waals surface area contributed by atoms with Gasteiger partial charge in [0.15, 0.2) is 5.82 Å². The molecule has 1 aromatic carbocycles. The van der Waals surface area contributed by atoms with Crippen molar-refractivity contribution in [1.82, 2.24) is 19.9 Å². The van der Waals surface area contributed by atoms with Gasteiger partial charge in [0.05, 0.1) is 18.1 Å². The minimum atomic E-state index is 0.640. The Balaban J connectivity index is 1.35. The molecule has 6 nitrogen and oxygen atoms in total. The first kappa shape index (κ1) is 18.2. The summed E-state index contributed by atoms with van der Waals surface area (Å²) in [7, 11) is 0. The number of nitrogens with zero attached hydrogens (tertiary/aromatic N) is 5. The zero-order chi connectivity index (χ0) is 20.2. The van der Waals surface area contributed by atoms with Gasteiger partial charge in [0.1, 0.15) is 11.5 Å². The van der Waals surface area contributed by atoms with E-state index in [-0.39, 0.29) is 0 Å². The third-order valence-corrected chi connectivity index (χ3v) is 5.24. The van der Waals surface area contributed by atoms with Gasteiger partial charge in [-0.3, -0.25) is 9.97 Å². The lowest BCUT2D eigenvalue weighted by Gasteiger charge is -2.17. The number of hydrogen-bond acceptors (Lipinski definition) is 6. The summed E-state index contributed by atoms with van der Waals surface area (Å²) in [5, 5.41) is 3.24. The van der Waals surface area contributed by atoms with E-state index in [2.05, 4.69) is 49.4 Å². The second-order valence-corrected chi connectivity index (χ2v) is 7.31. The van der Waals surface area contributed by atoms with Crippen molar-refractivity contribution in [2.75, 3.05) is 23.3 Å². The number of hydrogen-bond donors (Lipinski definition) is 1. The largest absolute Gasteiger partial charge is 0.371 e. The highest BCUT2D eigenvalue weighted by molar-refractivity contribution is 5.66. The number of nitrogens with one attached hydrogen (secondary N) is 1. The Kier molecular flexibility index (Phi) is 5.04. The van der Waals surface area contributed by atoms with Crippen molar-refractivity contribution in [2.24, 2.45) is 0 Å². The van der Waals surface area contributed by atoms with Crippen LogP contribution in [-0.4, -0.2) is 33.0 Å². The van der Waals surface area contributed by atoms with Crippen molar-refractivity contribution < 1.29 is 0 Å². The Hall–Kier alpha value is -3.80. The number of aromatic nitrogens is 4. The van der Waals surface area contributed by atoms with Crippen LogP contribution in [0, 0.1) is 0 Å². The van der Waals surface area contributed by atoms with E-state index in [1.807, 2.05) is 42.7 Å². The van der Waals surface area contributed by atoms with Gasteiger partial charge in [-0.2, -0.15) is 0 Å². The smallest absolute Gasteiger partial charge is 0.150 e. The van der Waals surface area contributed by atoms with Crippen LogP contribution in [0.1, 0.15) is 12.8 Å². The van der Waals surface area contributed by atoms with Crippen LogP contribution in [0.15, 0.2) is 79.4 Å². The molecule has 0 bridgehead atoms. The number of rotatable bonds is 5. The summed E-state index contributed by atoms with van der Waals surface area (Å²) in [6.07, 6.45) is 9.62.